The van der Waals surface area contributed by atoms with Gasteiger partial charge in [0.25, 0.3) is 0 Å². The second kappa shape index (κ2) is 12.5. The Morgan fingerprint density at radius 3 is 1.65 bits per heavy atom. The van der Waals surface area contributed by atoms with Crippen LogP contribution in [0.15, 0.2) is 212 Å². The first kappa shape index (κ1) is 31.4. The van der Waals surface area contributed by atoms with Crippen molar-refractivity contribution in [3.05, 3.63) is 235 Å². The summed E-state index contributed by atoms with van der Waals surface area (Å²) in [4.78, 5) is 2.40. The topological polar surface area (TPSA) is 15.3 Å². The summed E-state index contributed by atoms with van der Waals surface area (Å²) in [5.41, 5.74) is 17.8. The molecule has 9 aromatic rings. The van der Waals surface area contributed by atoms with E-state index in [9.17, 15) is 0 Å². The van der Waals surface area contributed by atoms with Crippen LogP contribution >= 0.6 is 0 Å². The fraction of sp³-hybridized carbons (Fsp3) is 0.0189. The molecule has 0 fully saturated rings. The molecule has 2 nitrogen and oxygen atoms in total. The Labute approximate surface area is 321 Å². The number of rotatable bonds is 6. The van der Waals surface area contributed by atoms with Crippen LogP contribution in [0.3, 0.4) is 0 Å². The maximum Gasteiger partial charge on any atom is 0.0714 e. The monoisotopic (exact) mass is 700 g/mol. The molecule has 1 aliphatic heterocycles. The van der Waals surface area contributed by atoms with E-state index in [1.807, 2.05) is 0 Å². The second-order valence-electron chi connectivity index (χ2n) is 14.5. The molecular weight excluding hydrogens is 665 g/mol. The summed E-state index contributed by atoms with van der Waals surface area (Å²) in [5, 5.41) is 6.21. The number of benzene rings is 9. The predicted molar refractivity (Wildman–Crippen MR) is 230 cm³/mol. The van der Waals surface area contributed by atoms with E-state index < -0.39 is 5.41 Å². The van der Waals surface area contributed by atoms with Gasteiger partial charge in [0.1, 0.15) is 0 Å². The lowest BCUT2D eigenvalue weighted by atomic mass is 9.67. The fourth-order valence-electron chi connectivity index (χ4n) is 9.34. The van der Waals surface area contributed by atoms with E-state index in [0.29, 0.717) is 0 Å². The van der Waals surface area contributed by atoms with E-state index in [2.05, 4.69) is 223 Å². The number of hydrogen-bond donors (Lipinski definition) is 1. The Bertz CT molecular complexity index is 2840. The first-order chi connectivity index (χ1) is 27.3. The summed E-state index contributed by atoms with van der Waals surface area (Å²) < 4.78 is 0. The first-order valence-electron chi connectivity index (χ1n) is 19.0. The summed E-state index contributed by atoms with van der Waals surface area (Å²) in [6, 6.07) is 77.7. The van der Waals surface area contributed by atoms with Gasteiger partial charge in [-0.15, -0.1) is 0 Å². The third kappa shape index (κ3) is 4.75. The van der Waals surface area contributed by atoms with Crippen LogP contribution in [0, 0.1) is 0 Å². The van der Waals surface area contributed by atoms with Crippen molar-refractivity contribution in [2.75, 3.05) is 10.2 Å². The summed E-state index contributed by atoms with van der Waals surface area (Å²) in [6.07, 6.45) is 0. The Balaban J connectivity index is 1.07. The molecule has 0 spiro atoms. The molecule has 0 bridgehead atoms. The van der Waals surface area contributed by atoms with E-state index in [0.717, 1.165) is 28.4 Å². The summed E-state index contributed by atoms with van der Waals surface area (Å²) in [5.74, 6) is 0. The number of para-hydroxylation sites is 2. The Morgan fingerprint density at radius 1 is 0.345 bits per heavy atom. The lowest BCUT2D eigenvalue weighted by molar-refractivity contribution is 0.768. The maximum atomic E-state index is 3.69. The summed E-state index contributed by atoms with van der Waals surface area (Å²) in [7, 11) is 0. The molecule has 2 aliphatic rings. The van der Waals surface area contributed by atoms with Gasteiger partial charge in [0.15, 0.2) is 0 Å². The van der Waals surface area contributed by atoms with Gasteiger partial charge in [-0.25, -0.2) is 0 Å². The van der Waals surface area contributed by atoms with Crippen molar-refractivity contribution >= 4 is 39.2 Å². The average molecular weight is 701 g/mol. The van der Waals surface area contributed by atoms with Gasteiger partial charge in [-0.05, 0) is 104 Å². The SMILES string of the molecule is c1ccc(N(c2ccc(-c3ccc4c5c(cccc35)-c3ccccc3N4)cc2)c2ccc3c(c2)C(c2ccccc2)(c2ccccc2)c2ccccc2-3)cc1. The minimum absolute atomic E-state index is 0.472. The molecule has 258 valence electrons. The minimum Gasteiger partial charge on any atom is -0.354 e. The zero-order chi connectivity index (χ0) is 36.3. The highest BCUT2D eigenvalue weighted by atomic mass is 15.1. The van der Waals surface area contributed by atoms with Crippen LogP contribution in [0.1, 0.15) is 22.3 Å². The van der Waals surface area contributed by atoms with Crippen molar-refractivity contribution in [1.82, 2.24) is 0 Å². The number of nitrogens with one attached hydrogen (secondary N) is 1. The highest BCUT2D eigenvalue weighted by Crippen LogP contribution is 2.57. The van der Waals surface area contributed by atoms with E-state index in [1.54, 1.807) is 0 Å². The van der Waals surface area contributed by atoms with Crippen LogP contribution in [-0.4, -0.2) is 0 Å². The second-order valence-corrected chi connectivity index (χ2v) is 14.5. The number of anilines is 5. The van der Waals surface area contributed by atoms with E-state index in [-0.39, 0.29) is 0 Å². The molecule has 0 atom stereocenters. The molecule has 0 amide bonds. The van der Waals surface area contributed by atoms with Gasteiger partial charge < -0.3 is 10.2 Å². The molecule has 0 saturated carbocycles. The van der Waals surface area contributed by atoms with Crippen LogP contribution in [0.2, 0.25) is 0 Å². The highest BCUT2D eigenvalue weighted by molar-refractivity contribution is 6.15. The lowest BCUT2D eigenvalue weighted by Gasteiger charge is -2.35. The van der Waals surface area contributed by atoms with Gasteiger partial charge in [-0.1, -0.05) is 164 Å². The quantitative estimate of drug-likeness (QED) is 0.186. The van der Waals surface area contributed by atoms with E-state index in [1.165, 1.54) is 66.4 Å². The standard InChI is InChI=1S/C53H36N2/c1-4-15-37(16-5-1)53(38-17-6-2-7-18-38)48-25-12-10-21-43(48)44-32-31-41(35-49(44)53)55(39-19-8-3-9-20-39)40-29-27-36(28-30-40)42-33-34-51-52-46(42)23-14-24-47(52)45-22-11-13-26-50(45)54-51/h1-35,54H. The Hall–Kier alpha value is -7.16. The van der Waals surface area contributed by atoms with Crippen LogP contribution in [0.5, 0.6) is 0 Å². The molecule has 1 heterocycles. The van der Waals surface area contributed by atoms with Crippen LogP contribution in [0.4, 0.5) is 28.4 Å². The third-order valence-electron chi connectivity index (χ3n) is 11.7. The molecule has 0 unspecified atom stereocenters. The van der Waals surface area contributed by atoms with Gasteiger partial charge >= 0.3 is 0 Å². The van der Waals surface area contributed by atoms with Crippen molar-refractivity contribution < 1.29 is 0 Å². The summed E-state index contributed by atoms with van der Waals surface area (Å²) >= 11 is 0. The molecule has 9 aromatic carbocycles. The average Bonchev–Trinajstić information content (AvgIpc) is 3.56. The molecule has 0 aromatic heterocycles. The first-order valence-corrected chi connectivity index (χ1v) is 19.0. The largest absolute Gasteiger partial charge is 0.354 e. The summed E-state index contributed by atoms with van der Waals surface area (Å²) in [6.45, 7) is 0. The zero-order valence-corrected chi connectivity index (χ0v) is 30.2. The molecular formula is C53H36N2. The van der Waals surface area contributed by atoms with Crippen molar-refractivity contribution in [1.29, 1.82) is 0 Å². The van der Waals surface area contributed by atoms with Crippen molar-refractivity contribution in [3.8, 4) is 33.4 Å². The predicted octanol–water partition coefficient (Wildman–Crippen LogP) is 14.1. The van der Waals surface area contributed by atoms with E-state index >= 15 is 0 Å². The molecule has 0 saturated heterocycles. The molecule has 11 rings (SSSR count). The normalized spacial score (nSPS) is 13.0. The van der Waals surface area contributed by atoms with Crippen molar-refractivity contribution in [3.63, 3.8) is 0 Å². The Kier molecular flexibility index (Phi) is 7.11. The smallest absolute Gasteiger partial charge is 0.0714 e. The van der Waals surface area contributed by atoms with Gasteiger partial charge in [0, 0.05) is 39.4 Å². The molecule has 1 N–H and O–H groups in total. The molecule has 0 radical (unpaired) electrons. The van der Waals surface area contributed by atoms with Crippen LogP contribution in [0.25, 0.3) is 44.2 Å². The number of fused-ring (bicyclic) bond motifs is 5. The lowest BCUT2D eigenvalue weighted by Crippen LogP contribution is -2.28. The van der Waals surface area contributed by atoms with Crippen LogP contribution < -0.4 is 10.2 Å². The third-order valence-corrected chi connectivity index (χ3v) is 11.7. The van der Waals surface area contributed by atoms with Gasteiger partial charge in [0.2, 0.25) is 0 Å². The molecule has 55 heavy (non-hydrogen) atoms. The number of nitrogens with zero attached hydrogens (tertiary/aromatic N) is 1. The number of hydrogen-bond acceptors (Lipinski definition) is 2. The van der Waals surface area contributed by atoms with Crippen molar-refractivity contribution in [2.24, 2.45) is 0 Å². The van der Waals surface area contributed by atoms with Gasteiger partial charge in [0.05, 0.1) is 5.41 Å². The Morgan fingerprint density at radius 2 is 0.909 bits per heavy atom. The van der Waals surface area contributed by atoms with Gasteiger partial charge in [-0.3, -0.25) is 0 Å². The van der Waals surface area contributed by atoms with E-state index in [4.69, 9.17) is 0 Å². The maximum absolute atomic E-state index is 3.69. The zero-order valence-electron chi connectivity index (χ0n) is 30.2. The van der Waals surface area contributed by atoms with Crippen molar-refractivity contribution in [2.45, 2.75) is 5.41 Å². The van der Waals surface area contributed by atoms with Crippen LogP contribution in [-0.2, 0) is 5.41 Å². The van der Waals surface area contributed by atoms with Gasteiger partial charge in [-0.2, -0.15) is 0 Å². The molecule has 2 heteroatoms. The minimum atomic E-state index is -0.472. The molecule has 1 aliphatic carbocycles. The highest BCUT2D eigenvalue weighted by Gasteiger charge is 2.46. The fourth-order valence-corrected chi connectivity index (χ4v) is 9.34.